The van der Waals surface area contributed by atoms with Gasteiger partial charge < -0.3 is 20.1 Å². The molecule has 0 spiro atoms. The molecular formula is C23H22N4O3S2. The standard InChI is InChI=1S/C23H22N4O3S2/c1-14-19(11-15-3-7-17(28)8-4-15)25-22(24-14)32-13-21(29)27-23-26-20(12-31-23)16-5-9-18(30-2)10-6-16/h3-10,12,28H,11,13H2,1-2H3,(H,24,25)(H,26,27,29). The number of phenolic OH excluding ortho intramolecular Hbond substituents is 1. The number of carbonyl (C=O) groups is 1. The zero-order valence-corrected chi connectivity index (χ0v) is 19.2. The number of rotatable bonds is 8. The zero-order valence-electron chi connectivity index (χ0n) is 17.6. The lowest BCUT2D eigenvalue weighted by Gasteiger charge is -2.01. The molecule has 4 aromatic rings. The number of amides is 1. The van der Waals surface area contributed by atoms with Gasteiger partial charge in [-0.25, -0.2) is 9.97 Å². The fourth-order valence-corrected chi connectivity index (χ4v) is 4.51. The molecule has 0 saturated carbocycles. The van der Waals surface area contributed by atoms with Crippen molar-refractivity contribution in [2.75, 3.05) is 18.2 Å². The molecular weight excluding hydrogens is 444 g/mol. The van der Waals surface area contributed by atoms with Gasteiger partial charge in [-0.3, -0.25) is 4.79 Å². The van der Waals surface area contributed by atoms with E-state index >= 15 is 0 Å². The average Bonchev–Trinajstić information content (AvgIpc) is 3.40. The predicted molar refractivity (Wildman–Crippen MR) is 128 cm³/mol. The highest BCUT2D eigenvalue weighted by Gasteiger charge is 2.12. The van der Waals surface area contributed by atoms with Crippen molar-refractivity contribution in [2.45, 2.75) is 18.5 Å². The first kappa shape index (κ1) is 21.9. The number of aromatic hydroxyl groups is 1. The van der Waals surface area contributed by atoms with Crippen LogP contribution in [-0.4, -0.2) is 38.8 Å². The molecule has 3 N–H and O–H groups in total. The Morgan fingerprint density at radius 3 is 2.62 bits per heavy atom. The molecule has 0 atom stereocenters. The van der Waals surface area contributed by atoms with Crippen LogP contribution in [0.5, 0.6) is 11.5 Å². The Morgan fingerprint density at radius 1 is 1.16 bits per heavy atom. The summed E-state index contributed by atoms with van der Waals surface area (Å²) < 4.78 is 5.18. The monoisotopic (exact) mass is 466 g/mol. The molecule has 2 aromatic carbocycles. The average molecular weight is 467 g/mol. The Hall–Kier alpha value is -3.30. The van der Waals surface area contributed by atoms with Crippen LogP contribution in [0.3, 0.4) is 0 Å². The molecule has 0 aliphatic carbocycles. The fourth-order valence-electron chi connectivity index (χ4n) is 3.03. The molecule has 0 aliphatic heterocycles. The number of aromatic nitrogens is 3. The first-order valence-corrected chi connectivity index (χ1v) is 11.7. The second-order valence-corrected chi connectivity index (χ2v) is 8.88. The highest BCUT2D eigenvalue weighted by Crippen LogP contribution is 2.27. The molecule has 0 bridgehead atoms. The van der Waals surface area contributed by atoms with Crippen LogP contribution in [0.2, 0.25) is 0 Å². The summed E-state index contributed by atoms with van der Waals surface area (Å²) in [6.45, 7) is 1.96. The summed E-state index contributed by atoms with van der Waals surface area (Å²) in [5, 5.41) is 15.4. The third kappa shape index (κ3) is 5.49. The minimum absolute atomic E-state index is 0.139. The van der Waals surface area contributed by atoms with Crippen molar-refractivity contribution in [1.29, 1.82) is 0 Å². The summed E-state index contributed by atoms with van der Waals surface area (Å²) in [6, 6.07) is 14.7. The van der Waals surface area contributed by atoms with Crippen molar-refractivity contribution in [3.8, 4) is 22.8 Å². The number of hydrogen-bond donors (Lipinski definition) is 3. The molecule has 32 heavy (non-hydrogen) atoms. The number of hydrogen-bond acceptors (Lipinski definition) is 7. The molecule has 2 heterocycles. The number of aryl methyl sites for hydroxylation is 1. The van der Waals surface area contributed by atoms with Crippen LogP contribution in [0.15, 0.2) is 59.1 Å². The largest absolute Gasteiger partial charge is 0.508 e. The number of benzene rings is 2. The maximum atomic E-state index is 12.4. The number of thiazole rings is 1. The molecule has 0 radical (unpaired) electrons. The van der Waals surface area contributed by atoms with Crippen LogP contribution in [-0.2, 0) is 11.2 Å². The summed E-state index contributed by atoms with van der Waals surface area (Å²) in [7, 11) is 1.63. The van der Waals surface area contributed by atoms with Gasteiger partial charge in [-0.2, -0.15) is 0 Å². The van der Waals surface area contributed by atoms with Crippen molar-refractivity contribution < 1.29 is 14.6 Å². The van der Waals surface area contributed by atoms with Crippen LogP contribution >= 0.6 is 23.1 Å². The van der Waals surface area contributed by atoms with Gasteiger partial charge in [0.2, 0.25) is 5.91 Å². The molecule has 1 amide bonds. The van der Waals surface area contributed by atoms with Crippen molar-refractivity contribution in [3.63, 3.8) is 0 Å². The first-order valence-electron chi connectivity index (χ1n) is 9.86. The minimum Gasteiger partial charge on any atom is -0.508 e. The molecule has 9 heteroatoms. The van der Waals surface area contributed by atoms with Crippen molar-refractivity contribution in [1.82, 2.24) is 15.0 Å². The maximum Gasteiger partial charge on any atom is 0.236 e. The number of carbonyl (C=O) groups excluding carboxylic acids is 1. The molecule has 0 aliphatic rings. The van der Waals surface area contributed by atoms with Gasteiger partial charge in [0.05, 0.1) is 24.3 Å². The SMILES string of the molecule is COc1ccc(-c2csc(NC(=O)CSc3nc(Cc4ccc(O)cc4)c(C)[nH]3)n2)cc1. The van der Waals surface area contributed by atoms with E-state index in [4.69, 9.17) is 4.74 Å². The topological polar surface area (TPSA) is 100 Å². The number of nitrogens with zero attached hydrogens (tertiary/aromatic N) is 2. The Kier molecular flexibility index (Phi) is 6.77. The number of nitrogens with one attached hydrogen (secondary N) is 2. The van der Waals surface area contributed by atoms with E-state index in [2.05, 4.69) is 20.3 Å². The van der Waals surface area contributed by atoms with Crippen molar-refractivity contribution >= 4 is 34.1 Å². The van der Waals surface area contributed by atoms with Gasteiger partial charge >= 0.3 is 0 Å². The number of methoxy groups -OCH3 is 1. The fraction of sp³-hybridized carbons (Fsp3) is 0.174. The van der Waals surface area contributed by atoms with Gasteiger partial charge in [-0.05, 0) is 48.9 Å². The summed E-state index contributed by atoms with van der Waals surface area (Å²) in [4.78, 5) is 24.7. The molecule has 164 valence electrons. The Labute approximate surface area is 193 Å². The number of H-pyrrole nitrogens is 1. The van der Waals surface area contributed by atoms with Crippen molar-refractivity contribution in [3.05, 3.63) is 70.9 Å². The molecule has 0 unspecified atom stereocenters. The van der Waals surface area contributed by atoms with Gasteiger partial charge in [0, 0.05) is 23.1 Å². The number of imidazole rings is 1. The number of thioether (sulfide) groups is 1. The smallest absolute Gasteiger partial charge is 0.236 e. The van der Waals surface area contributed by atoms with Gasteiger partial charge in [0.25, 0.3) is 0 Å². The third-order valence-electron chi connectivity index (χ3n) is 4.75. The van der Waals surface area contributed by atoms with E-state index in [0.717, 1.165) is 34.0 Å². The second kappa shape index (κ2) is 9.88. The molecule has 0 fully saturated rings. The van der Waals surface area contributed by atoms with E-state index < -0.39 is 0 Å². The van der Waals surface area contributed by atoms with E-state index in [9.17, 15) is 9.90 Å². The van der Waals surface area contributed by atoms with Crippen LogP contribution in [0, 0.1) is 6.92 Å². The summed E-state index contributed by atoms with van der Waals surface area (Å²) in [5.74, 6) is 1.11. The van der Waals surface area contributed by atoms with Gasteiger partial charge in [-0.1, -0.05) is 23.9 Å². The number of aromatic amines is 1. The van der Waals surface area contributed by atoms with Crippen LogP contribution in [0.25, 0.3) is 11.3 Å². The zero-order chi connectivity index (χ0) is 22.5. The lowest BCUT2D eigenvalue weighted by Crippen LogP contribution is -2.13. The quantitative estimate of drug-likeness (QED) is 0.320. The molecule has 4 rings (SSSR count). The lowest BCUT2D eigenvalue weighted by molar-refractivity contribution is -0.113. The predicted octanol–water partition coefficient (Wildman–Crippen LogP) is 4.88. The first-order chi connectivity index (χ1) is 15.5. The van der Waals surface area contributed by atoms with Crippen LogP contribution in [0.1, 0.15) is 17.0 Å². The number of ether oxygens (including phenoxy) is 1. The van der Waals surface area contributed by atoms with Gasteiger partial charge in [0.1, 0.15) is 11.5 Å². The molecule has 0 saturated heterocycles. The summed E-state index contributed by atoms with van der Waals surface area (Å²) >= 11 is 2.74. The highest BCUT2D eigenvalue weighted by atomic mass is 32.2. The minimum atomic E-state index is -0.139. The van der Waals surface area contributed by atoms with E-state index in [-0.39, 0.29) is 17.4 Å². The summed E-state index contributed by atoms with van der Waals surface area (Å²) in [5.41, 5.74) is 4.71. The van der Waals surface area contributed by atoms with Gasteiger partial charge in [-0.15, -0.1) is 11.3 Å². The third-order valence-corrected chi connectivity index (χ3v) is 6.38. The highest BCUT2D eigenvalue weighted by molar-refractivity contribution is 7.99. The maximum absolute atomic E-state index is 12.4. The van der Waals surface area contributed by atoms with E-state index in [0.29, 0.717) is 16.7 Å². The molecule has 2 aromatic heterocycles. The normalized spacial score (nSPS) is 10.8. The lowest BCUT2D eigenvalue weighted by atomic mass is 10.1. The Bertz CT molecular complexity index is 1200. The Morgan fingerprint density at radius 2 is 1.91 bits per heavy atom. The van der Waals surface area contributed by atoms with E-state index in [1.807, 2.05) is 48.7 Å². The van der Waals surface area contributed by atoms with Crippen LogP contribution in [0.4, 0.5) is 5.13 Å². The second-order valence-electron chi connectivity index (χ2n) is 7.06. The van der Waals surface area contributed by atoms with Crippen molar-refractivity contribution in [2.24, 2.45) is 0 Å². The summed E-state index contributed by atoms with van der Waals surface area (Å²) in [6.07, 6.45) is 0.655. The Balaban J connectivity index is 1.31. The van der Waals surface area contributed by atoms with Crippen LogP contribution < -0.4 is 10.1 Å². The number of phenols is 1. The van der Waals surface area contributed by atoms with E-state index in [1.165, 1.54) is 23.1 Å². The molecule has 7 nitrogen and oxygen atoms in total. The number of anilines is 1. The van der Waals surface area contributed by atoms with E-state index in [1.54, 1.807) is 19.2 Å². The van der Waals surface area contributed by atoms with Gasteiger partial charge in [0.15, 0.2) is 10.3 Å².